The first-order chi connectivity index (χ1) is 11.4. The largest absolute Gasteiger partial charge is 0.351 e. The summed E-state index contributed by atoms with van der Waals surface area (Å²) < 4.78 is 37.1. The smallest absolute Gasteiger partial charge is 0.227 e. The van der Waals surface area contributed by atoms with Crippen LogP contribution < -0.4 is 0 Å². The first-order valence-electron chi connectivity index (χ1n) is 8.19. The molecular formula is C18H26F2NO3. The topological polar surface area (TPSA) is 38.8 Å². The first kappa shape index (κ1) is 20.5. The van der Waals surface area contributed by atoms with E-state index in [0.29, 0.717) is 25.3 Å². The molecule has 0 fully saturated rings. The number of hydrogen-bond acceptors (Lipinski definition) is 3. The van der Waals surface area contributed by atoms with Gasteiger partial charge in [-0.2, -0.15) is 0 Å². The monoisotopic (exact) mass is 342 g/mol. The molecule has 0 N–H and O–H groups in total. The van der Waals surface area contributed by atoms with Crippen molar-refractivity contribution in [2.24, 2.45) is 0 Å². The lowest BCUT2D eigenvalue weighted by molar-refractivity contribution is -0.159. The average molecular weight is 342 g/mol. The Hall–Kier alpha value is -1.53. The van der Waals surface area contributed by atoms with E-state index in [0.717, 1.165) is 12.1 Å². The predicted octanol–water partition coefficient (Wildman–Crippen LogP) is 3.35. The van der Waals surface area contributed by atoms with Gasteiger partial charge in [-0.25, -0.2) is 8.78 Å². The lowest BCUT2D eigenvalue weighted by Gasteiger charge is -2.30. The van der Waals surface area contributed by atoms with Crippen LogP contribution in [0.1, 0.15) is 33.3 Å². The summed E-state index contributed by atoms with van der Waals surface area (Å²) in [6.45, 7) is 8.82. The van der Waals surface area contributed by atoms with E-state index in [9.17, 15) is 13.6 Å². The lowest BCUT2D eigenvalue weighted by Crippen LogP contribution is -2.44. The van der Waals surface area contributed by atoms with Crippen molar-refractivity contribution in [3.8, 4) is 0 Å². The highest BCUT2D eigenvalue weighted by atomic mass is 19.2. The van der Waals surface area contributed by atoms with Crippen LogP contribution in [0.5, 0.6) is 0 Å². The average Bonchev–Trinajstić information content (AvgIpc) is 2.53. The van der Waals surface area contributed by atoms with Crippen molar-refractivity contribution in [2.75, 3.05) is 19.8 Å². The number of ether oxygens (including phenoxy) is 2. The molecule has 1 rings (SSSR count). The molecule has 0 saturated heterocycles. The molecule has 0 aliphatic heterocycles. The van der Waals surface area contributed by atoms with E-state index in [1.165, 1.54) is 12.5 Å². The Morgan fingerprint density at radius 1 is 1.17 bits per heavy atom. The van der Waals surface area contributed by atoms with E-state index in [4.69, 9.17) is 9.47 Å². The van der Waals surface area contributed by atoms with Crippen molar-refractivity contribution in [1.82, 2.24) is 4.90 Å². The molecular weight excluding hydrogens is 316 g/mol. The van der Waals surface area contributed by atoms with E-state index in [1.807, 2.05) is 27.7 Å². The molecule has 0 heterocycles. The molecule has 0 aromatic heterocycles. The van der Waals surface area contributed by atoms with Crippen LogP contribution in [0.15, 0.2) is 18.2 Å². The van der Waals surface area contributed by atoms with E-state index < -0.39 is 17.9 Å². The number of rotatable bonds is 10. The third-order valence-corrected chi connectivity index (χ3v) is 3.45. The van der Waals surface area contributed by atoms with Gasteiger partial charge in [0.25, 0.3) is 0 Å². The minimum Gasteiger partial charge on any atom is -0.351 e. The highest BCUT2D eigenvalue weighted by molar-refractivity contribution is 5.85. The number of halogens is 2. The molecule has 0 spiro atoms. The maximum atomic E-state index is 13.2. The van der Waals surface area contributed by atoms with Gasteiger partial charge in [0.2, 0.25) is 5.91 Å². The van der Waals surface area contributed by atoms with Crippen molar-refractivity contribution in [3.63, 3.8) is 0 Å². The van der Waals surface area contributed by atoms with Crippen molar-refractivity contribution >= 4 is 5.91 Å². The van der Waals surface area contributed by atoms with E-state index >= 15 is 0 Å². The Morgan fingerprint density at radius 3 is 2.29 bits per heavy atom. The maximum absolute atomic E-state index is 13.2. The molecule has 1 radical (unpaired) electrons. The third kappa shape index (κ3) is 6.53. The van der Waals surface area contributed by atoms with Crippen LogP contribution in [-0.4, -0.2) is 42.9 Å². The molecule has 4 nitrogen and oxygen atoms in total. The zero-order chi connectivity index (χ0) is 18.1. The quantitative estimate of drug-likeness (QED) is 0.612. The second kappa shape index (κ2) is 10.4. The summed E-state index contributed by atoms with van der Waals surface area (Å²) in [4.78, 5) is 14.1. The van der Waals surface area contributed by atoms with Crippen LogP contribution in [0.4, 0.5) is 8.78 Å². The van der Waals surface area contributed by atoms with Crippen molar-refractivity contribution in [3.05, 3.63) is 41.8 Å². The highest BCUT2D eigenvalue weighted by Gasteiger charge is 2.22. The maximum Gasteiger partial charge on any atom is 0.227 e. The fourth-order valence-corrected chi connectivity index (χ4v) is 2.23. The number of carbonyl (C=O) groups excluding carboxylic acids is 1. The Kier molecular flexibility index (Phi) is 8.85. The van der Waals surface area contributed by atoms with E-state index in [1.54, 1.807) is 4.90 Å². The summed E-state index contributed by atoms with van der Waals surface area (Å²) in [6.07, 6.45) is 1.21. The molecule has 0 bridgehead atoms. The van der Waals surface area contributed by atoms with Crippen molar-refractivity contribution in [2.45, 2.75) is 46.4 Å². The van der Waals surface area contributed by atoms with E-state index in [-0.39, 0.29) is 18.4 Å². The molecule has 6 heteroatoms. The molecule has 1 amide bonds. The zero-order valence-corrected chi connectivity index (χ0v) is 14.7. The predicted molar refractivity (Wildman–Crippen MR) is 88.3 cm³/mol. The van der Waals surface area contributed by atoms with Crippen molar-refractivity contribution < 1.29 is 23.0 Å². The Labute approximate surface area is 142 Å². The summed E-state index contributed by atoms with van der Waals surface area (Å²) in [7, 11) is 0. The van der Waals surface area contributed by atoms with Crippen LogP contribution in [0, 0.1) is 18.1 Å². The number of amides is 1. The summed E-state index contributed by atoms with van der Waals surface area (Å²) in [5.41, 5.74) is 0.539. The summed E-state index contributed by atoms with van der Waals surface area (Å²) in [5.74, 6) is -2.01. The van der Waals surface area contributed by atoms with Gasteiger partial charge in [0.05, 0.1) is 13.0 Å². The van der Waals surface area contributed by atoms with Gasteiger partial charge in [0.15, 0.2) is 17.9 Å². The summed E-state index contributed by atoms with van der Waals surface area (Å²) >= 11 is 0. The van der Waals surface area contributed by atoms with Crippen LogP contribution in [0.3, 0.4) is 0 Å². The highest BCUT2D eigenvalue weighted by Crippen LogP contribution is 2.12. The normalized spacial score (nSPS) is 11.3. The minimum absolute atomic E-state index is 0.0397. The second-order valence-corrected chi connectivity index (χ2v) is 5.58. The molecule has 0 aliphatic carbocycles. The first-order valence-corrected chi connectivity index (χ1v) is 8.19. The Bertz CT molecular complexity index is 517. The third-order valence-electron chi connectivity index (χ3n) is 3.45. The van der Waals surface area contributed by atoms with Gasteiger partial charge in [0.1, 0.15) is 0 Å². The number of nitrogens with zero attached hydrogens (tertiary/aromatic N) is 1. The van der Waals surface area contributed by atoms with Gasteiger partial charge in [-0.3, -0.25) is 4.79 Å². The molecule has 1 aromatic rings. The molecule has 0 aliphatic rings. The number of benzene rings is 1. The molecule has 0 unspecified atom stereocenters. The van der Waals surface area contributed by atoms with E-state index in [2.05, 4.69) is 0 Å². The van der Waals surface area contributed by atoms with Gasteiger partial charge in [-0.1, -0.05) is 6.07 Å². The van der Waals surface area contributed by atoms with Crippen LogP contribution >= 0.6 is 0 Å². The fraction of sp³-hybridized carbons (Fsp3) is 0.556. The van der Waals surface area contributed by atoms with Gasteiger partial charge >= 0.3 is 0 Å². The standard InChI is InChI=1S/C18H26F2NO3/c1-5-23-18(24-6-2)12-21(13(3)4)17(22)10-8-14-7-9-15(19)16(20)11-14/h7,9-11,13,18H,5-6,8,12H2,1-4H3. The molecule has 0 saturated carbocycles. The lowest BCUT2D eigenvalue weighted by atomic mass is 10.1. The molecule has 24 heavy (non-hydrogen) atoms. The Morgan fingerprint density at radius 2 is 1.79 bits per heavy atom. The van der Waals surface area contributed by atoms with Gasteiger partial charge in [0, 0.05) is 19.3 Å². The van der Waals surface area contributed by atoms with Crippen LogP contribution in [-0.2, 0) is 20.7 Å². The second-order valence-electron chi connectivity index (χ2n) is 5.58. The number of hydrogen-bond donors (Lipinski definition) is 0. The van der Waals surface area contributed by atoms with Gasteiger partial charge < -0.3 is 14.4 Å². The number of carbonyl (C=O) groups is 1. The van der Waals surface area contributed by atoms with Gasteiger partial charge in [-0.15, -0.1) is 0 Å². The molecule has 0 atom stereocenters. The minimum atomic E-state index is -0.915. The zero-order valence-electron chi connectivity index (χ0n) is 14.7. The molecule has 1 aromatic carbocycles. The van der Waals surface area contributed by atoms with Crippen LogP contribution in [0.25, 0.3) is 0 Å². The summed E-state index contributed by atoms with van der Waals surface area (Å²) in [6, 6.07) is 3.58. The van der Waals surface area contributed by atoms with Crippen LogP contribution in [0.2, 0.25) is 0 Å². The SMILES string of the molecule is CCOC(CN(C(=O)[CH]Cc1ccc(F)c(F)c1)C(C)C)OCC. The summed E-state index contributed by atoms with van der Waals surface area (Å²) in [5, 5.41) is 0. The Balaban J connectivity index is 2.66. The molecule has 135 valence electrons. The fourth-order valence-electron chi connectivity index (χ4n) is 2.23. The van der Waals surface area contributed by atoms with Crippen molar-refractivity contribution in [1.29, 1.82) is 0 Å². The van der Waals surface area contributed by atoms with Gasteiger partial charge in [-0.05, 0) is 51.8 Å².